The molecule has 0 aliphatic heterocycles. The molecule has 0 aliphatic rings. The van der Waals surface area contributed by atoms with Crippen molar-refractivity contribution in [2.45, 2.75) is 329 Å². The van der Waals surface area contributed by atoms with Crippen LogP contribution in [-0.2, 0) is 65.4 Å². The van der Waals surface area contributed by atoms with Gasteiger partial charge in [0.1, 0.15) is 19.3 Å². The number of carbonyl (C=O) groups is 4. The van der Waals surface area contributed by atoms with Crippen LogP contribution in [-0.4, -0.2) is 96.7 Å². The summed E-state index contributed by atoms with van der Waals surface area (Å²) in [5.74, 6) is -2.29. The molecule has 5 atom stereocenters. The number of phosphoric acid groups is 2. The van der Waals surface area contributed by atoms with Gasteiger partial charge in [0.05, 0.1) is 26.4 Å². The summed E-state index contributed by atoms with van der Waals surface area (Å²) in [6, 6.07) is 0. The van der Waals surface area contributed by atoms with E-state index in [1.54, 1.807) is 0 Å². The molecular weight excluding hydrogens is 1330 g/mol. The zero-order valence-corrected chi connectivity index (χ0v) is 65.5. The maximum absolute atomic E-state index is 13.1. The predicted octanol–water partition coefficient (Wildman–Crippen LogP) is 22.9. The Hall–Kier alpha value is -4.80. The molecule has 0 fully saturated rings. The van der Waals surface area contributed by atoms with Gasteiger partial charge in [0, 0.05) is 25.7 Å². The van der Waals surface area contributed by atoms with Crippen LogP contribution in [0.1, 0.15) is 310 Å². The number of aliphatic hydroxyl groups is 1. The molecule has 0 saturated heterocycles. The van der Waals surface area contributed by atoms with Gasteiger partial charge in [-0.1, -0.05) is 290 Å². The number of hydrogen-bond donors (Lipinski definition) is 3. The molecule has 0 aromatic carbocycles. The molecular formula is C83H140O17P2. The lowest BCUT2D eigenvalue weighted by molar-refractivity contribution is -0.161. The SMILES string of the molecule is CC/C=C\C/C=C\C/C=C\C/C=C\C/C=C\C/C=C\CCC(=O)OCC(COP(=O)(O)OCC(O)COP(=O)(O)OCC(COC(=O)CCCCCCCC/C=C\C/C=C\C/C=C\C/C=C\CC)OC(=O)CCCCCCC/C=C\CCCCCC)OC(=O)CCCCCCCCCCCCC. The smallest absolute Gasteiger partial charge is 0.462 e. The highest BCUT2D eigenvalue weighted by Crippen LogP contribution is 2.45. The van der Waals surface area contributed by atoms with E-state index in [0.29, 0.717) is 32.1 Å². The molecule has 0 saturated carbocycles. The maximum Gasteiger partial charge on any atom is 0.472 e. The Morgan fingerprint density at radius 1 is 0.284 bits per heavy atom. The average molecular weight is 1470 g/mol. The molecule has 0 aliphatic carbocycles. The van der Waals surface area contributed by atoms with E-state index in [1.165, 1.54) is 64.2 Å². The van der Waals surface area contributed by atoms with Crippen LogP contribution < -0.4 is 0 Å². The summed E-state index contributed by atoms with van der Waals surface area (Å²) in [6.45, 7) is 4.52. The van der Waals surface area contributed by atoms with Crippen molar-refractivity contribution in [2.24, 2.45) is 0 Å². The molecule has 0 bridgehead atoms. The van der Waals surface area contributed by atoms with Crippen LogP contribution in [0.5, 0.6) is 0 Å². The first-order valence-corrected chi connectivity index (χ1v) is 42.4. The molecule has 17 nitrogen and oxygen atoms in total. The summed E-state index contributed by atoms with van der Waals surface area (Å²) in [5.41, 5.74) is 0. The second-order valence-electron chi connectivity index (χ2n) is 25.9. The van der Waals surface area contributed by atoms with E-state index >= 15 is 0 Å². The van der Waals surface area contributed by atoms with Gasteiger partial charge in [0.15, 0.2) is 12.2 Å². The minimum absolute atomic E-state index is 0.0353. The van der Waals surface area contributed by atoms with Crippen molar-refractivity contribution in [3.63, 3.8) is 0 Å². The number of carbonyl (C=O) groups excluding carboxylic acids is 4. The summed E-state index contributed by atoms with van der Waals surface area (Å²) in [5, 5.41) is 10.6. The average Bonchev–Trinajstić information content (AvgIpc) is 0.928. The Kier molecular flexibility index (Phi) is 71.0. The molecule has 0 radical (unpaired) electrons. The number of aliphatic hydroxyl groups excluding tert-OH is 1. The van der Waals surface area contributed by atoms with Crippen LogP contribution in [0.3, 0.4) is 0 Å². The minimum atomic E-state index is -4.99. The zero-order valence-electron chi connectivity index (χ0n) is 63.7. The van der Waals surface area contributed by atoms with E-state index in [-0.39, 0.29) is 25.7 Å². The Morgan fingerprint density at radius 2 is 0.529 bits per heavy atom. The molecule has 0 aromatic rings. The summed E-state index contributed by atoms with van der Waals surface area (Å²) in [7, 11) is -9.98. The van der Waals surface area contributed by atoms with E-state index in [2.05, 4.69) is 143 Å². The molecule has 0 rings (SSSR count). The Morgan fingerprint density at radius 3 is 0.863 bits per heavy atom. The van der Waals surface area contributed by atoms with Crippen LogP contribution in [0, 0.1) is 0 Å². The van der Waals surface area contributed by atoms with Crippen LogP contribution >= 0.6 is 15.6 Å². The number of hydrogen-bond acceptors (Lipinski definition) is 15. The van der Waals surface area contributed by atoms with Gasteiger partial charge >= 0.3 is 39.5 Å². The topological polar surface area (TPSA) is 237 Å². The quantitative estimate of drug-likeness (QED) is 0.0169. The third-order valence-corrected chi connectivity index (χ3v) is 18.0. The number of rotatable bonds is 73. The summed E-state index contributed by atoms with van der Waals surface area (Å²) < 4.78 is 68.4. The molecule has 0 heterocycles. The molecule has 0 amide bonds. The molecule has 5 unspecified atom stereocenters. The molecule has 0 spiro atoms. The Bertz CT molecular complexity index is 2460. The number of unbranched alkanes of at least 4 members (excludes halogenated alkanes) is 25. The lowest BCUT2D eigenvalue weighted by Crippen LogP contribution is -2.30. The molecule has 102 heavy (non-hydrogen) atoms. The third kappa shape index (κ3) is 73.5. The number of phosphoric ester groups is 2. The van der Waals surface area contributed by atoms with E-state index < -0.39 is 97.5 Å². The van der Waals surface area contributed by atoms with Gasteiger partial charge in [-0.25, -0.2) is 9.13 Å². The van der Waals surface area contributed by atoms with E-state index in [0.717, 1.165) is 161 Å². The first kappa shape index (κ1) is 97.2. The van der Waals surface area contributed by atoms with Gasteiger partial charge in [0.2, 0.25) is 0 Å². The van der Waals surface area contributed by atoms with Gasteiger partial charge < -0.3 is 33.8 Å². The molecule has 584 valence electrons. The first-order valence-electron chi connectivity index (χ1n) is 39.4. The van der Waals surface area contributed by atoms with Crippen LogP contribution in [0.15, 0.2) is 134 Å². The lowest BCUT2D eigenvalue weighted by atomic mass is 10.1. The van der Waals surface area contributed by atoms with Crippen LogP contribution in [0.4, 0.5) is 0 Å². The van der Waals surface area contributed by atoms with E-state index in [1.807, 2.05) is 18.2 Å². The highest BCUT2D eigenvalue weighted by molar-refractivity contribution is 7.47. The fourth-order valence-corrected chi connectivity index (χ4v) is 11.8. The molecule has 0 aromatic heterocycles. The highest BCUT2D eigenvalue weighted by Gasteiger charge is 2.30. The second kappa shape index (κ2) is 74.5. The lowest BCUT2D eigenvalue weighted by Gasteiger charge is -2.21. The van der Waals surface area contributed by atoms with Gasteiger partial charge in [0.25, 0.3) is 0 Å². The van der Waals surface area contributed by atoms with Crippen molar-refractivity contribution < 1.29 is 80.2 Å². The maximum atomic E-state index is 13.1. The van der Waals surface area contributed by atoms with E-state index in [9.17, 15) is 43.2 Å². The van der Waals surface area contributed by atoms with Gasteiger partial charge in [-0.2, -0.15) is 0 Å². The van der Waals surface area contributed by atoms with Gasteiger partial charge in [-0.3, -0.25) is 37.3 Å². The largest absolute Gasteiger partial charge is 0.472 e. The fourth-order valence-electron chi connectivity index (χ4n) is 10.2. The van der Waals surface area contributed by atoms with Crippen molar-refractivity contribution in [3.8, 4) is 0 Å². The summed E-state index contributed by atoms with van der Waals surface area (Å²) >= 11 is 0. The van der Waals surface area contributed by atoms with Gasteiger partial charge in [-0.05, 0) is 128 Å². The van der Waals surface area contributed by atoms with E-state index in [4.69, 9.17) is 37.0 Å². The van der Waals surface area contributed by atoms with Crippen LogP contribution in [0.25, 0.3) is 0 Å². The second-order valence-corrected chi connectivity index (χ2v) is 28.8. The van der Waals surface area contributed by atoms with Crippen molar-refractivity contribution in [3.05, 3.63) is 134 Å². The zero-order chi connectivity index (χ0) is 74.6. The van der Waals surface area contributed by atoms with Crippen LogP contribution in [0.2, 0.25) is 0 Å². The van der Waals surface area contributed by atoms with Crippen molar-refractivity contribution in [1.82, 2.24) is 0 Å². The fraction of sp³-hybridized carbons (Fsp3) is 0.687. The molecule has 19 heteroatoms. The highest BCUT2D eigenvalue weighted by atomic mass is 31.2. The predicted molar refractivity (Wildman–Crippen MR) is 418 cm³/mol. The third-order valence-electron chi connectivity index (χ3n) is 16.1. The summed E-state index contributed by atoms with van der Waals surface area (Å²) in [4.78, 5) is 72.9. The van der Waals surface area contributed by atoms with Crippen molar-refractivity contribution in [2.75, 3.05) is 39.6 Å². The number of esters is 4. The minimum Gasteiger partial charge on any atom is -0.462 e. The molecule has 3 N–H and O–H groups in total. The van der Waals surface area contributed by atoms with Gasteiger partial charge in [-0.15, -0.1) is 0 Å². The Labute approximate surface area is 618 Å². The van der Waals surface area contributed by atoms with Crippen molar-refractivity contribution in [1.29, 1.82) is 0 Å². The number of ether oxygens (including phenoxy) is 4. The summed E-state index contributed by atoms with van der Waals surface area (Å²) in [6.07, 6.45) is 83.1. The van der Waals surface area contributed by atoms with Crippen molar-refractivity contribution >= 4 is 39.5 Å². The first-order chi connectivity index (χ1) is 49.7. The standard InChI is InChI=1S/C83H140O17P2/c1-5-9-13-17-21-25-29-32-34-36-38-40-42-45-48-51-55-59-63-67-80(85)93-73-78(99-82(87)69-65-61-57-53-47-28-24-20-16-12-8-4)75-97-101(89,90)95-71-77(84)72-96-102(91,92)98-76-79(100-83(88)70-66-62-58-54-50-44-31-27-23-19-15-11-7-3)74-94-81(86)68-64-60-56-52-49-46-43-41-39-37-35-33-30-26-22-18-14-10-6-2/h9-10,13-14,21-22,25-27,31-35,38-41,45,48,55,59,77-79,84H,5-8,11-12,15-20,23-24,28-30,36-37,42-44,46-47,49-54,56-58,60-76H2,1-4H3,(H,89,90)(H,91,92)/b13-9-,14-10-,25-21-,26-22-,31-27-,34-32-,35-33-,40-38-,41-39-,48-45-,59-55-. The monoisotopic (exact) mass is 1470 g/mol. The number of allylic oxidation sites excluding steroid dienone is 22. The normalized spacial score (nSPS) is 14.6. The Balaban J connectivity index is 5.37.